The van der Waals surface area contributed by atoms with Crippen LogP contribution >= 0.6 is 11.3 Å². The van der Waals surface area contributed by atoms with Gasteiger partial charge in [-0.1, -0.05) is 0 Å². The Kier molecular flexibility index (Phi) is 4.44. The van der Waals surface area contributed by atoms with Crippen molar-refractivity contribution in [2.24, 2.45) is 0 Å². The van der Waals surface area contributed by atoms with Crippen molar-refractivity contribution in [3.05, 3.63) is 45.6 Å². The van der Waals surface area contributed by atoms with Gasteiger partial charge in [-0.25, -0.2) is 8.42 Å². The molecule has 0 saturated heterocycles. The Morgan fingerprint density at radius 3 is 2.56 bits per heavy atom. The van der Waals surface area contributed by atoms with Gasteiger partial charge in [-0.3, -0.25) is 9.59 Å². The summed E-state index contributed by atoms with van der Waals surface area (Å²) < 4.78 is 63.5. The minimum atomic E-state index is -5.22. The van der Waals surface area contributed by atoms with Gasteiger partial charge in [0.1, 0.15) is 0 Å². The molecule has 144 valence electrons. The lowest BCUT2D eigenvalue weighted by Crippen LogP contribution is -2.52. The van der Waals surface area contributed by atoms with Crippen LogP contribution in [-0.2, 0) is 20.4 Å². The number of alkyl halides is 3. The fraction of sp³-hybridized carbons (Fsp3) is 0.250. The van der Waals surface area contributed by atoms with Crippen LogP contribution in [0, 0.1) is 0 Å². The van der Waals surface area contributed by atoms with Crippen LogP contribution in [0.1, 0.15) is 27.7 Å². The number of thiophene rings is 1. The van der Waals surface area contributed by atoms with E-state index in [2.05, 4.69) is 0 Å². The van der Waals surface area contributed by atoms with Crippen molar-refractivity contribution in [1.82, 2.24) is 0 Å². The number of fused-ring (bicyclic) bond motifs is 2. The SMILES string of the molecule is CC(O)(C(=O)Nc1ccc2c(c1)S(=O)(=O)Cc1ccsc1C2=O)C(F)(F)F. The number of carbonyl (C=O) groups is 2. The number of benzene rings is 1. The van der Waals surface area contributed by atoms with Crippen LogP contribution in [0.15, 0.2) is 34.5 Å². The highest BCUT2D eigenvalue weighted by atomic mass is 32.2. The number of anilines is 1. The summed E-state index contributed by atoms with van der Waals surface area (Å²) in [6.45, 7) is 0.282. The summed E-state index contributed by atoms with van der Waals surface area (Å²) >= 11 is 1.09. The number of nitrogens with one attached hydrogen (secondary N) is 1. The van der Waals surface area contributed by atoms with E-state index in [0.29, 0.717) is 5.56 Å². The lowest BCUT2D eigenvalue weighted by atomic mass is 10.0. The van der Waals surface area contributed by atoms with E-state index in [1.165, 1.54) is 6.07 Å². The van der Waals surface area contributed by atoms with Crippen LogP contribution < -0.4 is 5.32 Å². The lowest BCUT2D eigenvalue weighted by Gasteiger charge is -2.25. The van der Waals surface area contributed by atoms with E-state index in [0.717, 1.165) is 29.5 Å². The fourth-order valence-electron chi connectivity index (χ4n) is 2.48. The Labute approximate surface area is 155 Å². The first-order chi connectivity index (χ1) is 12.3. The molecule has 0 spiro atoms. The molecule has 1 atom stereocenters. The van der Waals surface area contributed by atoms with Crippen LogP contribution in [0.3, 0.4) is 0 Å². The molecule has 0 aliphatic carbocycles. The summed E-state index contributed by atoms with van der Waals surface area (Å²) in [5.41, 5.74) is -3.74. The third kappa shape index (κ3) is 3.26. The van der Waals surface area contributed by atoms with Gasteiger partial charge in [0, 0.05) is 11.3 Å². The highest BCUT2D eigenvalue weighted by Crippen LogP contribution is 2.35. The van der Waals surface area contributed by atoms with E-state index in [4.69, 9.17) is 0 Å². The van der Waals surface area contributed by atoms with Gasteiger partial charge in [-0.05, 0) is 42.1 Å². The second kappa shape index (κ2) is 6.14. The molecule has 1 aromatic carbocycles. The van der Waals surface area contributed by atoms with E-state index < -0.39 is 39.1 Å². The minimum absolute atomic E-state index is 0.128. The maximum absolute atomic E-state index is 12.8. The average molecular weight is 419 g/mol. The monoisotopic (exact) mass is 419 g/mol. The maximum atomic E-state index is 12.8. The van der Waals surface area contributed by atoms with Crippen LogP contribution in [0.5, 0.6) is 0 Å². The molecule has 27 heavy (non-hydrogen) atoms. The Hall–Kier alpha value is -2.24. The van der Waals surface area contributed by atoms with Gasteiger partial charge in [0.2, 0.25) is 11.4 Å². The first-order valence-corrected chi connectivity index (χ1v) is 9.96. The number of amides is 1. The van der Waals surface area contributed by atoms with E-state index in [9.17, 15) is 36.3 Å². The zero-order chi connectivity index (χ0) is 20.2. The summed E-state index contributed by atoms with van der Waals surface area (Å²) in [6, 6.07) is 4.67. The molecular weight excluding hydrogens is 407 g/mol. The molecule has 3 rings (SSSR count). The van der Waals surface area contributed by atoms with E-state index >= 15 is 0 Å². The van der Waals surface area contributed by atoms with Gasteiger partial charge in [-0.15, -0.1) is 11.3 Å². The number of sulfone groups is 1. The average Bonchev–Trinajstić information content (AvgIpc) is 2.97. The first-order valence-electron chi connectivity index (χ1n) is 7.43. The third-order valence-electron chi connectivity index (χ3n) is 4.11. The molecule has 2 aromatic rings. The number of hydrogen-bond acceptors (Lipinski definition) is 6. The van der Waals surface area contributed by atoms with Crippen molar-refractivity contribution in [2.45, 2.75) is 29.3 Å². The van der Waals surface area contributed by atoms with Gasteiger partial charge < -0.3 is 10.4 Å². The van der Waals surface area contributed by atoms with Crippen molar-refractivity contribution in [1.29, 1.82) is 0 Å². The molecule has 0 fully saturated rings. The summed E-state index contributed by atoms with van der Waals surface area (Å²) in [5, 5.41) is 12.8. The van der Waals surface area contributed by atoms with Gasteiger partial charge in [0.05, 0.1) is 15.5 Å². The van der Waals surface area contributed by atoms with Crippen LogP contribution in [-0.4, -0.2) is 37.0 Å². The van der Waals surface area contributed by atoms with Crippen LogP contribution in [0.2, 0.25) is 0 Å². The molecular formula is C16H12F3NO5S2. The van der Waals surface area contributed by atoms with Crippen molar-refractivity contribution in [3.8, 4) is 0 Å². The zero-order valence-electron chi connectivity index (χ0n) is 13.6. The topological polar surface area (TPSA) is 101 Å². The van der Waals surface area contributed by atoms with E-state index in [-0.39, 0.29) is 27.9 Å². The molecule has 0 saturated carbocycles. The largest absolute Gasteiger partial charge is 0.426 e. The Bertz CT molecular complexity index is 1050. The summed E-state index contributed by atoms with van der Waals surface area (Å²) in [7, 11) is -3.97. The van der Waals surface area contributed by atoms with E-state index in [1.807, 2.05) is 5.32 Å². The number of hydrogen-bond donors (Lipinski definition) is 2. The molecule has 1 aliphatic heterocycles. The summed E-state index contributed by atoms with van der Waals surface area (Å²) in [6.07, 6.45) is -5.22. The number of ketones is 1. The Morgan fingerprint density at radius 1 is 1.26 bits per heavy atom. The summed E-state index contributed by atoms with van der Waals surface area (Å²) in [5.74, 6) is -2.73. The third-order valence-corrected chi connectivity index (χ3v) is 6.77. The molecule has 1 aliphatic rings. The maximum Gasteiger partial charge on any atom is 0.426 e. The van der Waals surface area contributed by atoms with E-state index in [1.54, 1.807) is 5.38 Å². The van der Waals surface area contributed by atoms with Crippen LogP contribution in [0.25, 0.3) is 0 Å². The molecule has 2 heterocycles. The second-order valence-electron chi connectivity index (χ2n) is 6.10. The molecule has 1 amide bonds. The standard InChI is InChI=1S/C16H12F3NO5S2/c1-15(23,16(17,18)19)14(22)20-9-2-3-10-11(6-9)27(24,25)7-8-4-5-26-13(8)12(10)21/h2-6,23H,7H2,1H3,(H,20,22). The van der Waals surface area contributed by atoms with Crippen molar-refractivity contribution in [3.63, 3.8) is 0 Å². The molecule has 6 nitrogen and oxygen atoms in total. The molecule has 2 N–H and O–H groups in total. The van der Waals surface area contributed by atoms with Crippen molar-refractivity contribution >= 4 is 38.6 Å². The first kappa shape index (κ1) is 19.5. The quantitative estimate of drug-likeness (QED) is 0.779. The summed E-state index contributed by atoms with van der Waals surface area (Å²) in [4.78, 5) is 24.2. The smallest absolute Gasteiger partial charge is 0.373 e. The molecule has 0 bridgehead atoms. The zero-order valence-corrected chi connectivity index (χ0v) is 15.3. The number of halogens is 3. The molecule has 1 unspecified atom stereocenters. The van der Waals surface area contributed by atoms with Crippen LogP contribution in [0.4, 0.5) is 18.9 Å². The lowest BCUT2D eigenvalue weighted by molar-refractivity contribution is -0.242. The molecule has 11 heteroatoms. The van der Waals surface area contributed by atoms with Crippen molar-refractivity contribution in [2.75, 3.05) is 5.32 Å². The van der Waals surface area contributed by atoms with Gasteiger partial charge in [-0.2, -0.15) is 13.2 Å². The normalized spacial score (nSPS) is 18.0. The highest BCUT2D eigenvalue weighted by Gasteiger charge is 2.55. The molecule has 0 radical (unpaired) electrons. The second-order valence-corrected chi connectivity index (χ2v) is 8.97. The number of rotatable bonds is 2. The number of aliphatic hydroxyl groups is 1. The van der Waals surface area contributed by atoms with Gasteiger partial charge in [0.15, 0.2) is 9.84 Å². The predicted molar refractivity (Wildman–Crippen MR) is 90.4 cm³/mol. The fourth-order valence-corrected chi connectivity index (χ4v) is 5.06. The minimum Gasteiger partial charge on any atom is -0.373 e. The Morgan fingerprint density at radius 2 is 1.93 bits per heavy atom. The van der Waals surface area contributed by atoms with Crippen molar-refractivity contribution < 1.29 is 36.3 Å². The molecule has 1 aromatic heterocycles. The Balaban J connectivity index is 2.02. The predicted octanol–water partition coefficient (Wildman–Crippen LogP) is 2.52. The van der Waals surface area contributed by atoms with Gasteiger partial charge in [0.25, 0.3) is 5.91 Å². The van der Waals surface area contributed by atoms with Gasteiger partial charge >= 0.3 is 6.18 Å². The number of carbonyl (C=O) groups excluding carboxylic acids is 2. The highest BCUT2D eigenvalue weighted by molar-refractivity contribution is 7.90.